The number of carbonyl (C=O) groups is 1. The standard InChI is InChI=1S/C25H24O3/c1-2-3-19-27-22-16-13-20(14-17-22)15-18-25(26)28-24-12-8-7-11-23(24)21-9-5-4-6-10-21/h4-18H,2-3,19H2,1H3/b18-15+. The van der Waals surface area contributed by atoms with Crippen LogP contribution in [0.5, 0.6) is 11.5 Å². The number of carbonyl (C=O) groups excluding carboxylic acids is 1. The van der Waals surface area contributed by atoms with Gasteiger partial charge in [-0.15, -0.1) is 0 Å². The van der Waals surface area contributed by atoms with Gasteiger partial charge in [0.25, 0.3) is 0 Å². The average molecular weight is 372 g/mol. The Kier molecular flexibility index (Phi) is 7.02. The number of para-hydroxylation sites is 1. The van der Waals surface area contributed by atoms with Gasteiger partial charge in [0.1, 0.15) is 11.5 Å². The van der Waals surface area contributed by atoms with Gasteiger partial charge in [0.2, 0.25) is 0 Å². The summed E-state index contributed by atoms with van der Waals surface area (Å²) in [4.78, 5) is 12.3. The third-order valence-corrected chi connectivity index (χ3v) is 4.24. The van der Waals surface area contributed by atoms with Crippen molar-refractivity contribution in [1.82, 2.24) is 0 Å². The predicted molar refractivity (Wildman–Crippen MR) is 113 cm³/mol. The second kappa shape index (κ2) is 10.1. The molecule has 3 nitrogen and oxygen atoms in total. The maximum Gasteiger partial charge on any atom is 0.336 e. The molecule has 0 radical (unpaired) electrons. The molecule has 0 unspecified atom stereocenters. The summed E-state index contributed by atoms with van der Waals surface area (Å²) in [6.45, 7) is 2.85. The van der Waals surface area contributed by atoms with E-state index in [-0.39, 0.29) is 0 Å². The molecule has 28 heavy (non-hydrogen) atoms. The molecule has 0 heterocycles. The lowest BCUT2D eigenvalue weighted by Crippen LogP contribution is -2.04. The first-order chi connectivity index (χ1) is 13.8. The SMILES string of the molecule is CCCCOc1ccc(/C=C/C(=O)Oc2ccccc2-c2ccccc2)cc1. The van der Waals surface area contributed by atoms with Crippen molar-refractivity contribution in [3.63, 3.8) is 0 Å². The van der Waals surface area contributed by atoms with E-state index in [4.69, 9.17) is 9.47 Å². The Hall–Kier alpha value is -3.33. The van der Waals surface area contributed by atoms with Crippen molar-refractivity contribution in [2.24, 2.45) is 0 Å². The number of esters is 1. The normalized spacial score (nSPS) is 10.8. The molecule has 142 valence electrons. The molecule has 0 amide bonds. The number of hydrogen-bond donors (Lipinski definition) is 0. The van der Waals surface area contributed by atoms with Crippen molar-refractivity contribution >= 4 is 12.0 Å². The largest absolute Gasteiger partial charge is 0.494 e. The minimum Gasteiger partial charge on any atom is -0.494 e. The summed E-state index contributed by atoms with van der Waals surface area (Å²) in [5.41, 5.74) is 2.81. The van der Waals surface area contributed by atoms with Gasteiger partial charge < -0.3 is 9.47 Å². The van der Waals surface area contributed by atoms with Crippen molar-refractivity contribution < 1.29 is 14.3 Å². The zero-order chi connectivity index (χ0) is 19.6. The number of rotatable bonds is 8. The predicted octanol–water partition coefficient (Wildman–Crippen LogP) is 6.15. The van der Waals surface area contributed by atoms with Crippen LogP contribution in [0.25, 0.3) is 17.2 Å². The number of ether oxygens (including phenoxy) is 2. The molecule has 0 aliphatic rings. The van der Waals surface area contributed by atoms with Gasteiger partial charge in [0, 0.05) is 11.6 Å². The van der Waals surface area contributed by atoms with Crippen molar-refractivity contribution in [2.45, 2.75) is 19.8 Å². The highest BCUT2D eigenvalue weighted by atomic mass is 16.5. The van der Waals surface area contributed by atoms with Gasteiger partial charge >= 0.3 is 5.97 Å². The van der Waals surface area contributed by atoms with Gasteiger partial charge in [-0.05, 0) is 41.8 Å². The van der Waals surface area contributed by atoms with E-state index in [1.807, 2.05) is 72.8 Å². The molecule has 0 atom stereocenters. The summed E-state index contributed by atoms with van der Waals surface area (Å²) in [7, 11) is 0. The molecule has 3 aromatic rings. The topological polar surface area (TPSA) is 35.5 Å². The molecule has 0 fully saturated rings. The van der Waals surface area contributed by atoms with Crippen LogP contribution in [0.1, 0.15) is 25.3 Å². The lowest BCUT2D eigenvalue weighted by atomic mass is 10.1. The molecule has 0 aromatic heterocycles. The molecule has 0 saturated carbocycles. The van der Waals surface area contributed by atoms with E-state index in [2.05, 4.69) is 6.92 Å². The minimum atomic E-state index is -0.411. The molecular weight excluding hydrogens is 348 g/mol. The van der Waals surface area contributed by atoms with E-state index in [1.165, 1.54) is 6.08 Å². The lowest BCUT2D eigenvalue weighted by Gasteiger charge is -2.09. The average Bonchev–Trinajstić information content (AvgIpc) is 2.74. The summed E-state index contributed by atoms with van der Waals surface area (Å²) in [5, 5.41) is 0. The summed E-state index contributed by atoms with van der Waals surface area (Å²) >= 11 is 0. The molecule has 0 bridgehead atoms. The van der Waals surface area contributed by atoms with Crippen LogP contribution in [-0.4, -0.2) is 12.6 Å². The van der Waals surface area contributed by atoms with Crippen LogP contribution < -0.4 is 9.47 Å². The summed E-state index contributed by atoms with van der Waals surface area (Å²) in [5.74, 6) is 0.972. The van der Waals surface area contributed by atoms with Gasteiger partial charge in [0.05, 0.1) is 6.61 Å². The minimum absolute atomic E-state index is 0.411. The van der Waals surface area contributed by atoms with Gasteiger partial charge in [-0.1, -0.05) is 74.0 Å². The zero-order valence-corrected chi connectivity index (χ0v) is 16.0. The number of benzene rings is 3. The second-order valence-electron chi connectivity index (χ2n) is 6.39. The van der Waals surface area contributed by atoms with Crippen LogP contribution in [0.3, 0.4) is 0 Å². The maximum absolute atomic E-state index is 12.3. The maximum atomic E-state index is 12.3. The van der Waals surface area contributed by atoms with Gasteiger partial charge in [-0.3, -0.25) is 0 Å². The first-order valence-electron chi connectivity index (χ1n) is 9.53. The van der Waals surface area contributed by atoms with E-state index in [9.17, 15) is 4.79 Å². The molecule has 0 aliphatic heterocycles. The molecule has 3 heteroatoms. The van der Waals surface area contributed by atoms with Crippen LogP contribution in [-0.2, 0) is 4.79 Å². The van der Waals surface area contributed by atoms with Gasteiger partial charge in [-0.25, -0.2) is 4.79 Å². The van der Waals surface area contributed by atoms with E-state index in [0.29, 0.717) is 5.75 Å². The molecule has 0 spiro atoms. The van der Waals surface area contributed by atoms with Crippen molar-refractivity contribution in [3.05, 3.63) is 90.5 Å². The smallest absolute Gasteiger partial charge is 0.336 e. The fourth-order valence-corrected chi connectivity index (χ4v) is 2.73. The number of unbranched alkanes of at least 4 members (excludes halogenated alkanes) is 1. The van der Waals surface area contributed by atoms with Gasteiger partial charge in [0.15, 0.2) is 0 Å². The van der Waals surface area contributed by atoms with Crippen LogP contribution >= 0.6 is 0 Å². The Bertz CT molecular complexity index is 912. The van der Waals surface area contributed by atoms with Gasteiger partial charge in [-0.2, -0.15) is 0 Å². The molecular formula is C25H24O3. The Morgan fingerprint density at radius 3 is 2.36 bits per heavy atom. The van der Waals surface area contributed by atoms with Crippen LogP contribution in [0, 0.1) is 0 Å². The Balaban J connectivity index is 1.63. The van der Waals surface area contributed by atoms with E-state index < -0.39 is 5.97 Å². The molecule has 0 aliphatic carbocycles. The van der Waals surface area contributed by atoms with E-state index in [1.54, 1.807) is 12.1 Å². The van der Waals surface area contributed by atoms with E-state index in [0.717, 1.165) is 41.9 Å². The third kappa shape index (κ3) is 5.58. The molecule has 3 rings (SSSR count). The van der Waals surface area contributed by atoms with Crippen molar-refractivity contribution in [1.29, 1.82) is 0 Å². The monoisotopic (exact) mass is 372 g/mol. The van der Waals surface area contributed by atoms with Crippen LogP contribution in [0.15, 0.2) is 84.9 Å². The Morgan fingerprint density at radius 1 is 0.893 bits per heavy atom. The van der Waals surface area contributed by atoms with Crippen LogP contribution in [0.2, 0.25) is 0 Å². The molecule has 0 saturated heterocycles. The summed E-state index contributed by atoms with van der Waals surface area (Å²) < 4.78 is 11.2. The first kappa shape index (κ1) is 19.4. The highest BCUT2D eigenvalue weighted by Gasteiger charge is 2.08. The Labute approximate surface area is 166 Å². The summed E-state index contributed by atoms with van der Waals surface area (Å²) in [6.07, 6.45) is 5.33. The summed E-state index contributed by atoms with van der Waals surface area (Å²) in [6, 6.07) is 25.1. The number of hydrogen-bond acceptors (Lipinski definition) is 3. The fraction of sp³-hybridized carbons (Fsp3) is 0.160. The zero-order valence-electron chi connectivity index (χ0n) is 16.0. The third-order valence-electron chi connectivity index (χ3n) is 4.24. The second-order valence-corrected chi connectivity index (χ2v) is 6.39. The Morgan fingerprint density at radius 2 is 1.61 bits per heavy atom. The van der Waals surface area contributed by atoms with Crippen molar-refractivity contribution in [3.8, 4) is 22.6 Å². The quantitative estimate of drug-likeness (QED) is 0.206. The first-order valence-corrected chi connectivity index (χ1v) is 9.53. The fourth-order valence-electron chi connectivity index (χ4n) is 2.73. The van der Waals surface area contributed by atoms with Crippen molar-refractivity contribution in [2.75, 3.05) is 6.61 Å². The highest BCUT2D eigenvalue weighted by molar-refractivity contribution is 5.90. The lowest BCUT2D eigenvalue weighted by molar-refractivity contribution is -0.128. The molecule has 3 aromatic carbocycles. The van der Waals surface area contributed by atoms with Crippen LogP contribution in [0.4, 0.5) is 0 Å². The molecule has 0 N–H and O–H groups in total. The van der Waals surface area contributed by atoms with E-state index >= 15 is 0 Å². The highest BCUT2D eigenvalue weighted by Crippen LogP contribution is 2.29.